The first kappa shape index (κ1) is 16.4. The molecular formula is C20H23NO3. The van der Waals surface area contributed by atoms with E-state index in [1.54, 1.807) is 0 Å². The summed E-state index contributed by atoms with van der Waals surface area (Å²) in [5.74, 6) is 1.60. The van der Waals surface area contributed by atoms with Crippen molar-refractivity contribution < 1.29 is 14.3 Å². The lowest BCUT2D eigenvalue weighted by molar-refractivity contribution is -0.121. The summed E-state index contributed by atoms with van der Waals surface area (Å²) in [7, 11) is 0. The van der Waals surface area contributed by atoms with E-state index in [1.807, 2.05) is 18.2 Å². The van der Waals surface area contributed by atoms with Crippen molar-refractivity contribution in [1.82, 2.24) is 5.32 Å². The predicted octanol–water partition coefficient (Wildman–Crippen LogP) is 3.92. The van der Waals surface area contributed by atoms with Crippen LogP contribution in [0.5, 0.6) is 11.5 Å². The molecule has 0 aromatic heterocycles. The first-order valence-corrected chi connectivity index (χ1v) is 8.40. The first-order valence-electron chi connectivity index (χ1n) is 8.40. The van der Waals surface area contributed by atoms with E-state index in [0.717, 1.165) is 29.0 Å². The average molecular weight is 325 g/mol. The van der Waals surface area contributed by atoms with E-state index in [-0.39, 0.29) is 18.7 Å². The number of amides is 1. The fourth-order valence-corrected chi connectivity index (χ4v) is 2.84. The summed E-state index contributed by atoms with van der Waals surface area (Å²) in [5.41, 5.74) is 3.46. The highest BCUT2D eigenvalue weighted by Crippen LogP contribution is 2.32. The fraction of sp³-hybridized carbons (Fsp3) is 0.350. The van der Waals surface area contributed by atoms with Crippen LogP contribution >= 0.6 is 0 Å². The molecule has 1 heterocycles. The second kappa shape index (κ2) is 7.39. The van der Waals surface area contributed by atoms with Crippen molar-refractivity contribution in [3.8, 4) is 11.5 Å². The van der Waals surface area contributed by atoms with Crippen molar-refractivity contribution in [3.05, 3.63) is 59.2 Å². The maximum atomic E-state index is 12.3. The molecule has 0 saturated carbocycles. The van der Waals surface area contributed by atoms with Crippen LogP contribution in [0.4, 0.5) is 0 Å². The third-order valence-corrected chi connectivity index (χ3v) is 4.30. The number of fused-ring (bicyclic) bond motifs is 1. The number of nitrogens with one attached hydrogen (secondary N) is 1. The Morgan fingerprint density at radius 2 is 1.88 bits per heavy atom. The number of aryl methyl sites for hydroxylation is 2. The van der Waals surface area contributed by atoms with E-state index in [4.69, 9.17) is 9.47 Å². The summed E-state index contributed by atoms with van der Waals surface area (Å²) in [4.78, 5) is 12.3. The van der Waals surface area contributed by atoms with E-state index < -0.39 is 0 Å². The van der Waals surface area contributed by atoms with Crippen LogP contribution in [0.3, 0.4) is 0 Å². The SMILES string of the molecule is CCC(NC(=O)CCc1ccc2c(c1)OCO2)c1ccc(C)cc1. The van der Waals surface area contributed by atoms with Crippen LogP contribution < -0.4 is 14.8 Å². The molecule has 0 bridgehead atoms. The molecule has 1 aliphatic rings. The maximum Gasteiger partial charge on any atom is 0.231 e. The minimum atomic E-state index is 0.0647. The Kier molecular flexibility index (Phi) is 5.04. The van der Waals surface area contributed by atoms with Crippen molar-refractivity contribution >= 4 is 5.91 Å². The minimum Gasteiger partial charge on any atom is -0.454 e. The summed E-state index contributed by atoms with van der Waals surface area (Å²) in [6.07, 6.45) is 2.02. The van der Waals surface area contributed by atoms with E-state index >= 15 is 0 Å². The average Bonchev–Trinajstić information content (AvgIpc) is 3.06. The van der Waals surface area contributed by atoms with Gasteiger partial charge in [0.1, 0.15) is 0 Å². The molecule has 4 heteroatoms. The van der Waals surface area contributed by atoms with Gasteiger partial charge in [-0.2, -0.15) is 0 Å². The molecule has 24 heavy (non-hydrogen) atoms. The number of carbonyl (C=O) groups is 1. The van der Waals surface area contributed by atoms with Gasteiger partial charge in [0.05, 0.1) is 6.04 Å². The molecule has 126 valence electrons. The summed E-state index contributed by atoms with van der Waals surface area (Å²) in [5, 5.41) is 3.13. The van der Waals surface area contributed by atoms with Gasteiger partial charge in [0, 0.05) is 6.42 Å². The lowest BCUT2D eigenvalue weighted by atomic mass is 10.0. The Labute approximate surface area is 142 Å². The molecule has 2 aromatic carbocycles. The predicted molar refractivity (Wildman–Crippen MR) is 93.2 cm³/mol. The molecule has 2 aromatic rings. The molecule has 1 atom stereocenters. The summed E-state index contributed by atoms with van der Waals surface area (Å²) in [6, 6.07) is 14.2. The number of hydrogen-bond acceptors (Lipinski definition) is 3. The maximum absolute atomic E-state index is 12.3. The largest absolute Gasteiger partial charge is 0.454 e. The molecule has 0 fully saturated rings. The van der Waals surface area contributed by atoms with Gasteiger partial charge in [-0.1, -0.05) is 42.8 Å². The molecule has 3 rings (SSSR count). The van der Waals surface area contributed by atoms with Crippen LogP contribution in [0.1, 0.15) is 42.5 Å². The normalized spacial score (nSPS) is 13.6. The Hall–Kier alpha value is -2.49. The van der Waals surface area contributed by atoms with Crippen LogP contribution in [-0.2, 0) is 11.2 Å². The molecular weight excluding hydrogens is 302 g/mol. The third-order valence-electron chi connectivity index (χ3n) is 4.30. The number of hydrogen-bond donors (Lipinski definition) is 1. The number of ether oxygens (including phenoxy) is 2. The van der Waals surface area contributed by atoms with Crippen molar-refractivity contribution in [2.45, 2.75) is 39.2 Å². The van der Waals surface area contributed by atoms with Gasteiger partial charge in [-0.25, -0.2) is 0 Å². The van der Waals surface area contributed by atoms with Crippen molar-refractivity contribution in [2.24, 2.45) is 0 Å². The van der Waals surface area contributed by atoms with Gasteiger partial charge in [0.2, 0.25) is 12.7 Å². The van der Waals surface area contributed by atoms with Crippen LogP contribution in [0.15, 0.2) is 42.5 Å². The molecule has 1 amide bonds. The molecule has 0 aliphatic carbocycles. The summed E-state index contributed by atoms with van der Waals surface area (Å²) < 4.78 is 10.7. The van der Waals surface area contributed by atoms with Gasteiger partial charge in [-0.3, -0.25) is 4.79 Å². The summed E-state index contributed by atoms with van der Waals surface area (Å²) in [6.45, 7) is 4.42. The standard InChI is InChI=1S/C20H23NO3/c1-3-17(16-8-4-14(2)5-9-16)21-20(22)11-7-15-6-10-18-19(12-15)24-13-23-18/h4-6,8-10,12,17H,3,7,11,13H2,1-2H3,(H,21,22). The van der Waals surface area contributed by atoms with Crippen molar-refractivity contribution in [1.29, 1.82) is 0 Å². The van der Waals surface area contributed by atoms with Crippen LogP contribution in [-0.4, -0.2) is 12.7 Å². The molecule has 0 saturated heterocycles. The first-order chi connectivity index (χ1) is 11.7. The highest BCUT2D eigenvalue weighted by Gasteiger charge is 2.15. The quantitative estimate of drug-likeness (QED) is 0.875. The van der Waals surface area contributed by atoms with Gasteiger partial charge < -0.3 is 14.8 Å². The Morgan fingerprint density at radius 1 is 1.12 bits per heavy atom. The zero-order valence-corrected chi connectivity index (χ0v) is 14.2. The second-order valence-corrected chi connectivity index (χ2v) is 6.13. The van der Waals surface area contributed by atoms with E-state index in [1.165, 1.54) is 5.56 Å². The molecule has 0 radical (unpaired) electrons. The lowest BCUT2D eigenvalue weighted by Crippen LogP contribution is -2.28. The number of carbonyl (C=O) groups excluding carboxylic acids is 1. The Bertz CT molecular complexity index is 709. The molecule has 0 spiro atoms. The zero-order valence-electron chi connectivity index (χ0n) is 14.2. The molecule has 1 N–H and O–H groups in total. The van der Waals surface area contributed by atoms with Gasteiger partial charge in [-0.15, -0.1) is 0 Å². The smallest absolute Gasteiger partial charge is 0.231 e. The molecule has 1 unspecified atom stereocenters. The van der Waals surface area contributed by atoms with Gasteiger partial charge in [-0.05, 0) is 43.0 Å². The van der Waals surface area contributed by atoms with Crippen molar-refractivity contribution in [2.75, 3.05) is 6.79 Å². The number of rotatable bonds is 6. The van der Waals surface area contributed by atoms with Crippen LogP contribution in [0, 0.1) is 6.92 Å². The Morgan fingerprint density at radius 3 is 2.62 bits per heavy atom. The summed E-state index contributed by atoms with van der Waals surface area (Å²) >= 11 is 0. The van der Waals surface area contributed by atoms with Crippen molar-refractivity contribution in [3.63, 3.8) is 0 Å². The zero-order chi connectivity index (χ0) is 16.9. The van der Waals surface area contributed by atoms with Gasteiger partial charge in [0.25, 0.3) is 0 Å². The monoisotopic (exact) mass is 325 g/mol. The minimum absolute atomic E-state index is 0.0647. The molecule has 1 aliphatic heterocycles. The van der Waals surface area contributed by atoms with Crippen LogP contribution in [0.2, 0.25) is 0 Å². The Balaban J connectivity index is 1.55. The molecule has 4 nitrogen and oxygen atoms in total. The lowest BCUT2D eigenvalue weighted by Gasteiger charge is -2.17. The van der Waals surface area contributed by atoms with Gasteiger partial charge in [0.15, 0.2) is 11.5 Å². The van der Waals surface area contributed by atoms with E-state index in [0.29, 0.717) is 12.8 Å². The topological polar surface area (TPSA) is 47.6 Å². The highest BCUT2D eigenvalue weighted by atomic mass is 16.7. The van der Waals surface area contributed by atoms with Gasteiger partial charge >= 0.3 is 0 Å². The number of benzene rings is 2. The third kappa shape index (κ3) is 3.88. The fourth-order valence-electron chi connectivity index (χ4n) is 2.84. The second-order valence-electron chi connectivity index (χ2n) is 6.13. The van der Waals surface area contributed by atoms with E-state index in [2.05, 4.69) is 43.4 Å². The van der Waals surface area contributed by atoms with E-state index in [9.17, 15) is 4.79 Å². The highest BCUT2D eigenvalue weighted by molar-refractivity contribution is 5.76. The van der Waals surface area contributed by atoms with Crippen LogP contribution in [0.25, 0.3) is 0 Å².